The van der Waals surface area contributed by atoms with Gasteiger partial charge in [-0.05, 0) is 11.1 Å². The lowest BCUT2D eigenvalue weighted by molar-refractivity contribution is 0.103. The highest BCUT2D eigenvalue weighted by Crippen LogP contribution is 2.28. The van der Waals surface area contributed by atoms with E-state index in [0.717, 1.165) is 16.7 Å². The second kappa shape index (κ2) is 7.03. The van der Waals surface area contributed by atoms with Crippen LogP contribution in [0.5, 0.6) is 0 Å². The SMILES string of the molecule is NCC(c1ccccc1)c1ccccc1C(=O)c1ccccc1. The van der Waals surface area contributed by atoms with Crippen LogP contribution in [0.1, 0.15) is 33.0 Å². The Labute approximate surface area is 136 Å². The van der Waals surface area contributed by atoms with E-state index in [2.05, 4.69) is 12.1 Å². The Morgan fingerprint density at radius 2 is 1.35 bits per heavy atom. The Morgan fingerprint density at radius 3 is 2.00 bits per heavy atom. The zero-order valence-electron chi connectivity index (χ0n) is 12.9. The Morgan fingerprint density at radius 1 is 0.783 bits per heavy atom. The number of nitrogens with two attached hydrogens (primary N) is 1. The number of carbonyl (C=O) groups is 1. The fraction of sp³-hybridized carbons (Fsp3) is 0.0952. The maximum absolute atomic E-state index is 12.9. The molecule has 0 radical (unpaired) electrons. The molecule has 0 heterocycles. The predicted octanol–water partition coefficient (Wildman–Crippen LogP) is 4.01. The molecule has 0 fully saturated rings. The molecule has 23 heavy (non-hydrogen) atoms. The number of hydrogen-bond acceptors (Lipinski definition) is 2. The number of rotatable bonds is 5. The van der Waals surface area contributed by atoms with E-state index in [0.29, 0.717) is 12.1 Å². The van der Waals surface area contributed by atoms with Crippen molar-refractivity contribution in [3.05, 3.63) is 107 Å². The van der Waals surface area contributed by atoms with E-state index in [1.807, 2.05) is 72.8 Å². The molecule has 0 bridgehead atoms. The van der Waals surface area contributed by atoms with E-state index in [-0.39, 0.29) is 11.7 Å². The molecule has 0 aliphatic rings. The molecule has 0 aliphatic heterocycles. The van der Waals surface area contributed by atoms with E-state index in [1.54, 1.807) is 0 Å². The first kappa shape index (κ1) is 15.2. The van der Waals surface area contributed by atoms with Crippen molar-refractivity contribution in [2.45, 2.75) is 5.92 Å². The fourth-order valence-electron chi connectivity index (χ4n) is 2.88. The molecule has 2 heteroatoms. The summed E-state index contributed by atoms with van der Waals surface area (Å²) in [6.45, 7) is 0.461. The summed E-state index contributed by atoms with van der Waals surface area (Å²) in [6.07, 6.45) is 0. The van der Waals surface area contributed by atoms with Crippen molar-refractivity contribution in [1.29, 1.82) is 0 Å². The molecule has 3 rings (SSSR count). The normalized spacial score (nSPS) is 11.9. The van der Waals surface area contributed by atoms with Gasteiger partial charge in [-0.25, -0.2) is 0 Å². The third-order valence-electron chi connectivity index (χ3n) is 4.05. The van der Waals surface area contributed by atoms with Gasteiger partial charge in [-0.15, -0.1) is 0 Å². The molecule has 0 aromatic heterocycles. The summed E-state index contributed by atoms with van der Waals surface area (Å²) in [6, 6.07) is 27.2. The molecule has 1 unspecified atom stereocenters. The van der Waals surface area contributed by atoms with Crippen molar-refractivity contribution >= 4 is 5.78 Å². The van der Waals surface area contributed by atoms with Crippen LogP contribution in [-0.2, 0) is 0 Å². The third-order valence-corrected chi connectivity index (χ3v) is 4.05. The van der Waals surface area contributed by atoms with Gasteiger partial charge in [0.05, 0.1) is 0 Å². The Bertz CT molecular complexity index is 781. The molecule has 3 aromatic carbocycles. The average Bonchev–Trinajstić information content (AvgIpc) is 2.64. The zero-order chi connectivity index (χ0) is 16.1. The van der Waals surface area contributed by atoms with Crippen LogP contribution >= 0.6 is 0 Å². The molecule has 114 valence electrons. The highest BCUT2D eigenvalue weighted by molar-refractivity contribution is 6.10. The van der Waals surface area contributed by atoms with Crippen molar-refractivity contribution in [1.82, 2.24) is 0 Å². The van der Waals surface area contributed by atoms with Crippen molar-refractivity contribution in [2.24, 2.45) is 5.73 Å². The molecule has 0 saturated heterocycles. The van der Waals surface area contributed by atoms with Gasteiger partial charge >= 0.3 is 0 Å². The minimum Gasteiger partial charge on any atom is -0.330 e. The quantitative estimate of drug-likeness (QED) is 0.724. The summed E-state index contributed by atoms with van der Waals surface area (Å²) in [5, 5.41) is 0. The zero-order valence-corrected chi connectivity index (χ0v) is 12.9. The van der Waals surface area contributed by atoms with E-state index in [1.165, 1.54) is 0 Å². The first-order valence-corrected chi connectivity index (χ1v) is 7.75. The summed E-state index contributed by atoms with van der Waals surface area (Å²) in [5.74, 6) is 0.0515. The monoisotopic (exact) mass is 301 g/mol. The third kappa shape index (κ3) is 3.22. The summed E-state index contributed by atoms with van der Waals surface area (Å²) in [7, 11) is 0. The van der Waals surface area contributed by atoms with Gasteiger partial charge in [-0.2, -0.15) is 0 Å². The molecule has 3 aromatic rings. The van der Waals surface area contributed by atoms with Crippen molar-refractivity contribution < 1.29 is 4.79 Å². The lowest BCUT2D eigenvalue weighted by Crippen LogP contribution is -2.17. The molecule has 0 spiro atoms. The molecule has 0 saturated carbocycles. The molecule has 1 atom stereocenters. The van der Waals surface area contributed by atoms with Crippen molar-refractivity contribution in [3.63, 3.8) is 0 Å². The highest BCUT2D eigenvalue weighted by Gasteiger charge is 2.20. The lowest BCUT2D eigenvalue weighted by Gasteiger charge is -2.19. The van der Waals surface area contributed by atoms with Gasteiger partial charge in [0.25, 0.3) is 0 Å². The summed E-state index contributed by atoms with van der Waals surface area (Å²) in [5.41, 5.74) is 9.56. The van der Waals surface area contributed by atoms with E-state index in [9.17, 15) is 4.79 Å². The van der Waals surface area contributed by atoms with Crippen LogP contribution in [0.3, 0.4) is 0 Å². The summed E-state index contributed by atoms with van der Waals surface area (Å²) >= 11 is 0. The Kier molecular flexibility index (Phi) is 4.65. The van der Waals surface area contributed by atoms with Crippen LogP contribution in [0.25, 0.3) is 0 Å². The molecule has 0 aliphatic carbocycles. The average molecular weight is 301 g/mol. The van der Waals surface area contributed by atoms with E-state index >= 15 is 0 Å². The van der Waals surface area contributed by atoms with Crippen molar-refractivity contribution in [2.75, 3.05) is 6.54 Å². The van der Waals surface area contributed by atoms with E-state index < -0.39 is 0 Å². The highest BCUT2D eigenvalue weighted by atomic mass is 16.1. The number of hydrogen-bond donors (Lipinski definition) is 1. The topological polar surface area (TPSA) is 43.1 Å². The van der Waals surface area contributed by atoms with Crippen LogP contribution in [0.15, 0.2) is 84.9 Å². The smallest absolute Gasteiger partial charge is 0.193 e. The van der Waals surface area contributed by atoms with Gasteiger partial charge in [-0.3, -0.25) is 4.79 Å². The molecule has 2 nitrogen and oxygen atoms in total. The second-order valence-corrected chi connectivity index (χ2v) is 5.48. The van der Waals surface area contributed by atoms with Crippen LogP contribution < -0.4 is 5.73 Å². The maximum Gasteiger partial charge on any atom is 0.193 e. The molecule has 2 N–H and O–H groups in total. The van der Waals surface area contributed by atoms with Crippen LogP contribution in [0, 0.1) is 0 Å². The van der Waals surface area contributed by atoms with Gasteiger partial charge in [0, 0.05) is 23.6 Å². The van der Waals surface area contributed by atoms with Gasteiger partial charge in [0.2, 0.25) is 0 Å². The van der Waals surface area contributed by atoms with Crippen LogP contribution in [-0.4, -0.2) is 12.3 Å². The lowest BCUT2D eigenvalue weighted by atomic mass is 9.86. The van der Waals surface area contributed by atoms with Gasteiger partial charge in [0.1, 0.15) is 0 Å². The van der Waals surface area contributed by atoms with Gasteiger partial charge in [-0.1, -0.05) is 84.9 Å². The number of benzene rings is 3. The first-order chi connectivity index (χ1) is 11.3. The van der Waals surface area contributed by atoms with Gasteiger partial charge < -0.3 is 5.73 Å². The number of carbonyl (C=O) groups excluding carboxylic acids is 1. The fourth-order valence-corrected chi connectivity index (χ4v) is 2.88. The largest absolute Gasteiger partial charge is 0.330 e. The summed E-state index contributed by atoms with van der Waals surface area (Å²) < 4.78 is 0. The van der Waals surface area contributed by atoms with E-state index in [4.69, 9.17) is 5.73 Å². The molecular formula is C21H19NO. The Hall–Kier alpha value is -2.71. The maximum atomic E-state index is 12.9. The first-order valence-electron chi connectivity index (χ1n) is 7.75. The van der Waals surface area contributed by atoms with Gasteiger partial charge in [0.15, 0.2) is 5.78 Å². The van der Waals surface area contributed by atoms with Crippen LogP contribution in [0.4, 0.5) is 0 Å². The summed E-state index contributed by atoms with van der Waals surface area (Å²) in [4.78, 5) is 12.9. The number of ketones is 1. The van der Waals surface area contributed by atoms with Crippen LogP contribution in [0.2, 0.25) is 0 Å². The molecule has 0 amide bonds. The van der Waals surface area contributed by atoms with Crippen molar-refractivity contribution in [3.8, 4) is 0 Å². The predicted molar refractivity (Wildman–Crippen MR) is 93.7 cm³/mol. The molecular weight excluding hydrogens is 282 g/mol. The standard InChI is InChI=1S/C21H19NO/c22-15-20(16-9-3-1-4-10-16)18-13-7-8-14-19(18)21(23)17-11-5-2-6-12-17/h1-14,20H,15,22H2. The Balaban J connectivity index is 2.06. The minimum absolute atomic E-state index is 0.0139. The second-order valence-electron chi connectivity index (χ2n) is 5.48. The minimum atomic E-state index is 0.0139.